The van der Waals surface area contributed by atoms with Crippen molar-refractivity contribution >= 4 is 12.0 Å². The Labute approximate surface area is 149 Å². The molecule has 1 aliphatic heterocycles. The van der Waals surface area contributed by atoms with Gasteiger partial charge in [-0.3, -0.25) is 4.79 Å². The molecule has 138 valence electrons. The SMILES string of the molecule is COc1ccc(C(=O)NC2(C)CCN(C(=O)OC(C)(C)C)CC2)cc1. The highest BCUT2D eigenvalue weighted by molar-refractivity contribution is 5.94. The fourth-order valence-corrected chi connectivity index (χ4v) is 2.72. The second kappa shape index (κ2) is 7.33. The Morgan fingerprint density at radius 3 is 2.16 bits per heavy atom. The monoisotopic (exact) mass is 348 g/mol. The average molecular weight is 348 g/mol. The molecule has 1 heterocycles. The van der Waals surface area contributed by atoms with Crippen LogP contribution in [0, 0.1) is 0 Å². The summed E-state index contributed by atoms with van der Waals surface area (Å²) >= 11 is 0. The molecule has 6 nitrogen and oxygen atoms in total. The number of benzene rings is 1. The highest BCUT2D eigenvalue weighted by Gasteiger charge is 2.34. The van der Waals surface area contributed by atoms with Gasteiger partial charge in [0.15, 0.2) is 0 Å². The van der Waals surface area contributed by atoms with Crippen molar-refractivity contribution in [3.63, 3.8) is 0 Å². The molecule has 0 spiro atoms. The van der Waals surface area contributed by atoms with Gasteiger partial charge in [-0.05, 0) is 64.8 Å². The molecule has 0 saturated carbocycles. The lowest BCUT2D eigenvalue weighted by Gasteiger charge is -2.40. The van der Waals surface area contributed by atoms with Crippen molar-refractivity contribution in [1.82, 2.24) is 10.2 Å². The van der Waals surface area contributed by atoms with Crippen molar-refractivity contribution in [1.29, 1.82) is 0 Å². The van der Waals surface area contributed by atoms with Crippen molar-refractivity contribution < 1.29 is 19.1 Å². The minimum absolute atomic E-state index is 0.115. The standard InChI is InChI=1S/C19H28N2O4/c1-18(2,3)25-17(23)21-12-10-19(4,11-13-21)20-16(22)14-6-8-15(24-5)9-7-14/h6-9H,10-13H2,1-5H3,(H,20,22). The molecule has 0 bridgehead atoms. The van der Waals surface area contributed by atoms with Crippen LogP contribution >= 0.6 is 0 Å². The first-order valence-corrected chi connectivity index (χ1v) is 8.56. The fraction of sp³-hybridized carbons (Fsp3) is 0.579. The highest BCUT2D eigenvalue weighted by atomic mass is 16.6. The Hall–Kier alpha value is -2.24. The third-order valence-corrected chi connectivity index (χ3v) is 4.29. The maximum Gasteiger partial charge on any atom is 0.410 e. The molecule has 0 aromatic heterocycles. The summed E-state index contributed by atoms with van der Waals surface area (Å²) in [4.78, 5) is 26.3. The van der Waals surface area contributed by atoms with E-state index < -0.39 is 5.60 Å². The first-order chi connectivity index (χ1) is 11.6. The molecule has 0 aliphatic carbocycles. The Bertz CT molecular complexity index is 611. The summed E-state index contributed by atoms with van der Waals surface area (Å²) in [7, 11) is 1.59. The smallest absolute Gasteiger partial charge is 0.410 e. The molecular weight excluding hydrogens is 320 g/mol. The van der Waals surface area contributed by atoms with Gasteiger partial charge in [0.05, 0.1) is 7.11 Å². The number of carbonyl (C=O) groups excluding carboxylic acids is 2. The summed E-state index contributed by atoms with van der Waals surface area (Å²) in [5.41, 5.74) is -0.243. The molecule has 1 aliphatic rings. The lowest BCUT2D eigenvalue weighted by molar-refractivity contribution is 0.0160. The predicted octanol–water partition coefficient (Wildman–Crippen LogP) is 3.21. The van der Waals surface area contributed by atoms with E-state index >= 15 is 0 Å². The molecule has 2 rings (SSSR count). The molecule has 0 radical (unpaired) electrons. The summed E-state index contributed by atoms with van der Waals surface area (Å²) in [6.45, 7) is 8.71. The van der Waals surface area contributed by atoms with Crippen LogP contribution in [0.5, 0.6) is 5.75 Å². The zero-order valence-corrected chi connectivity index (χ0v) is 15.7. The van der Waals surface area contributed by atoms with Gasteiger partial charge in [0.2, 0.25) is 0 Å². The van der Waals surface area contributed by atoms with Gasteiger partial charge in [0.1, 0.15) is 11.4 Å². The van der Waals surface area contributed by atoms with Gasteiger partial charge in [-0.25, -0.2) is 4.79 Å². The van der Waals surface area contributed by atoms with E-state index in [0.29, 0.717) is 37.2 Å². The zero-order chi connectivity index (χ0) is 18.7. The molecule has 1 saturated heterocycles. The maximum absolute atomic E-state index is 12.5. The molecule has 0 unspecified atom stereocenters. The molecular formula is C19H28N2O4. The second-order valence-corrected chi connectivity index (χ2v) is 7.71. The van der Waals surface area contributed by atoms with Crippen LogP contribution in [0.1, 0.15) is 50.9 Å². The van der Waals surface area contributed by atoms with Gasteiger partial charge in [-0.1, -0.05) is 0 Å². The minimum Gasteiger partial charge on any atom is -0.497 e. The summed E-state index contributed by atoms with van der Waals surface area (Å²) in [6.07, 6.45) is 1.08. The van der Waals surface area contributed by atoms with Crippen molar-refractivity contribution in [2.24, 2.45) is 0 Å². The number of carbonyl (C=O) groups is 2. The van der Waals surface area contributed by atoms with Crippen molar-refractivity contribution in [2.75, 3.05) is 20.2 Å². The van der Waals surface area contributed by atoms with E-state index in [-0.39, 0.29) is 17.5 Å². The summed E-state index contributed by atoms with van der Waals surface area (Å²) in [6, 6.07) is 7.02. The number of hydrogen-bond acceptors (Lipinski definition) is 4. The van der Waals surface area contributed by atoms with Crippen molar-refractivity contribution in [2.45, 2.75) is 51.7 Å². The molecule has 25 heavy (non-hydrogen) atoms. The zero-order valence-electron chi connectivity index (χ0n) is 15.7. The van der Waals surface area contributed by atoms with Gasteiger partial charge in [-0.2, -0.15) is 0 Å². The molecule has 0 atom stereocenters. The van der Waals surface area contributed by atoms with E-state index in [1.54, 1.807) is 36.3 Å². The molecule has 1 aromatic carbocycles. The lowest BCUT2D eigenvalue weighted by atomic mass is 9.89. The number of amides is 2. The minimum atomic E-state index is -0.500. The van der Waals surface area contributed by atoms with Crippen LogP contribution in [0.15, 0.2) is 24.3 Å². The Morgan fingerprint density at radius 2 is 1.68 bits per heavy atom. The Kier molecular flexibility index (Phi) is 5.60. The first-order valence-electron chi connectivity index (χ1n) is 8.56. The molecule has 1 aromatic rings. The van der Waals surface area contributed by atoms with Crippen LogP contribution in [0.25, 0.3) is 0 Å². The van der Waals surface area contributed by atoms with Crippen molar-refractivity contribution in [3.05, 3.63) is 29.8 Å². The van der Waals surface area contributed by atoms with Crippen LogP contribution in [0.3, 0.4) is 0 Å². The van der Waals surface area contributed by atoms with Crippen LogP contribution < -0.4 is 10.1 Å². The summed E-state index contributed by atoms with van der Waals surface area (Å²) in [5, 5.41) is 3.10. The number of hydrogen-bond donors (Lipinski definition) is 1. The van der Waals surface area contributed by atoms with E-state index in [9.17, 15) is 9.59 Å². The van der Waals surface area contributed by atoms with Gasteiger partial charge in [-0.15, -0.1) is 0 Å². The van der Waals surface area contributed by atoms with Gasteiger partial charge in [0, 0.05) is 24.2 Å². The number of piperidine rings is 1. The third kappa shape index (κ3) is 5.37. The number of methoxy groups -OCH3 is 1. The normalized spacial score (nSPS) is 16.9. The number of nitrogens with one attached hydrogen (secondary N) is 1. The topological polar surface area (TPSA) is 67.9 Å². The Morgan fingerprint density at radius 1 is 1.12 bits per heavy atom. The van der Waals surface area contributed by atoms with Gasteiger partial charge in [0.25, 0.3) is 5.91 Å². The fourth-order valence-electron chi connectivity index (χ4n) is 2.72. The molecule has 6 heteroatoms. The van der Waals surface area contributed by atoms with Crippen LogP contribution in [-0.4, -0.2) is 48.2 Å². The summed E-state index contributed by atoms with van der Waals surface area (Å²) < 4.78 is 10.5. The van der Waals surface area contributed by atoms with Gasteiger partial charge >= 0.3 is 6.09 Å². The highest BCUT2D eigenvalue weighted by Crippen LogP contribution is 2.24. The number of nitrogens with zero attached hydrogens (tertiary/aromatic N) is 1. The number of likely N-dealkylation sites (tertiary alicyclic amines) is 1. The van der Waals surface area contributed by atoms with Crippen LogP contribution in [0.2, 0.25) is 0 Å². The second-order valence-electron chi connectivity index (χ2n) is 7.71. The van der Waals surface area contributed by atoms with E-state index in [1.807, 2.05) is 27.7 Å². The summed E-state index contributed by atoms with van der Waals surface area (Å²) in [5.74, 6) is 0.601. The number of ether oxygens (including phenoxy) is 2. The average Bonchev–Trinajstić information content (AvgIpc) is 2.53. The molecule has 1 N–H and O–H groups in total. The first kappa shape index (κ1) is 19.1. The van der Waals surface area contributed by atoms with Gasteiger partial charge < -0.3 is 19.7 Å². The number of rotatable bonds is 3. The van der Waals surface area contributed by atoms with Crippen molar-refractivity contribution in [3.8, 4) is 5.75 Å². The van der Waals surface area contributed by atoms with Crippen LogP contribution in [-0.2, 0) is 4.74 Å². The third-order valence-electron chi connectivity index (χ3n) is 4.29. The maximum atomic E-state index is 12.5. The van der Waals surface area contributed by atoms with E-state index in [2.05, 4.69) is 5.32 Å². The molecule has 2 amide bonds. The Balaban J connectivity index is 1.91. The van der Waals surface area contributed by atoms with E-state index in [4.69, 9.17) is 9.47 Å². The van der Waals surface area contributed by atoms with Crippen LogP contribution in [0.4, 0.5) is 4.79 Å². The lowest BCUT2D eigenvalue weighted by Crippen LogP contribution is -2.54. The van der Waals surface area contributed by atoms with E-state index in [1.165, 1.54) is 0 Å². The largest absolute Gasteiger partial charge is 0.497 e. The molecule has 1 fully saturated rings. The predicted molar refractivity (Wildman–Crippen MR) is 95.9 cm³/mol. The van der Waals surface area contributed by atoms with E-state index in [0.717, 1.165) is 0 Å². The quantitative estimate of drug-likeness (QED) is 0.911.